The van der Waals surface area contributed by atoms with Crippen LogP contribution in [0.2, 0.25) is 0 Å². The molecule has 2 nitrogen and oxygen atoms in total. The first-order valence-electron chi connectivity index (χ1n) is 6.65. The minimum absolute atomic E-state index is 0.340. The van der Waals surface area contributed by atoms with Crippen LogP contribution < -0.4 is 0 Å². The van der Waals surface area contributed by atoms with Crippen LogP contribution in [0.4, 0.5) is 0 Å². The number of likely N-dealkylation sites (tertiary alicyclic amines) is 1. The molecule has 2 aliphatic rings. The van der Waals surface area contributed by atoms with Gasteiger partial charge in [0, 0.05) is 31.5 Å². The molecule has 90 valence electrons. The molecule has 1 aromatic carbocycles. The van der Waals surface area contributed by atoms with Gasteiger partial charge in [0.1, 0.15) is 5.78 Å². The molecule has 1 aliphatic heterocycles. The highest BCUT2D eigenvalue weighted by Gasteiger charge is 2.39. The molecule has 0 spiro atoms. The zero-order valence-electron chi connectivity index (χ0n) is 10.1. The third-order valence-corrected chi connectivity index (χ3v) is 4.24. The van der Waals surface area contributed by atoms with E-state index in [2.05, 4.69) is 35.2 Å². The number of carbonyl (C=O) groups excluding carboxylic acids is 1. The van der Waals surface area contributed by atoms with Crippen LogP contribution in [0.5, 0.6) is 0 Å². The lowest BCUT2D eigenvalue weighted by Crippen LogP contribution is -2.46. The van der Waals surface area contributed by atoms with Gasteiger partial charge in [0.25, 0.3) is 0 Å². The van der Waals surface area contributed by atoms with Gasteiger partial charge in [0.2, 0.25) is 0 Å². The van der Waals surface area contributed by atoms with Crippen molar-refractivity contribution in [3.05, 3.63) is 35.9 Å². The Labute approximate surface area is 103 Å². The van der Waals surface area contributed by atoms with Crippen LogP contribution in [0.1, 0.15) is 31.2 Å². The third-order valence-electron chi connectivity index (χ3n) is 4.24. The maximum atomic E-state index is 11.8. The van der Waals surface area contributed by atoms with Crippen LogP contribution in [0.15, 0.2) is 30.3 Å². The van der Waals surface area contributed by atoms with Gasteiger partial charge in [-0.15, -0.1) is 0 Å². The number of ketones is 1. The van der Waals surface area contributed by atoms with Gasteiger partial charge < -0.3 is 0 Å². The molecule has 2 atom stereocenters. The van der Waals surface area contributed by atoms with Gasteiger partial charge in [0.05, 0.1) is 0 Å². The Kier molecular flexibility index (Phi) is 2.98. The standard InChI is InChI=1S/C15H19NO/c17-15-9-10-16(14-8-4-7-13(14)15)11-12-5-2-1-3-6-12/h1-3,5-6,13-14H,4,7-11H2/t13-,14-/m1/s1. The Morgan fingerprint density at radius 3 is 2.82 bits per heavy atom. The number of Topliss-reactive ketones (excluding diaryl/α,β-unsaturated/α-hetero) is 1. The van der Waals surface area contributed by atoms with E-state index in [1.165, 1.54) is 18.4 Å². The van der Waals surface area contributed by atoms with E-state index in [1.807, 2.05) is 0 Å². The number of benzene rings is 1. The maximum Gasteiger partial charge on any atom is 0.138 e. The van der Waals surface area contributed by atoms with Gasteiger partial charge in [-0.05, 0) is 18.4 Å². The van der Waals surface area contributed by atoms with Gasteiger partial charge in [-0.25, -0.2) is 0 Å². The molecule has 1 aromatic rings. The fourth-order valence-corrected chi connectivity index (χ4v) is 3.37. The van der Waals surface area contributed by atoms with Crippen molar-refractivity contribution < 1.29 is 4.79 Å². The Balaban J connectivity index is 1.73. The molecular weight excluding hydrogens is 210 g/mol. The third kappa shape index (κ3) is 2.14. The van der Waals surface area contributed by atoms with Crippen LogP contribution in [-0.4, -0.2) is 23.3 Å². The van der Waals surface area contributed by atoms with Gasteiger partial charge in [-0.2, -0.15) is 0 Å². The van der Waals surface area contributed by atoms with Crippen molar-refractivity contribution in [2.45, 2.75) is 38.3 Å². The highest BCUT2D eigenvalue weighted by atomic mass is 16.1. The van der Waals surface area contributed by atoms with E-state index < -0.39 is 0 Å². The summed E-state index contributed by atoms with van der Waals surface area (Å²) in [5.41, 5.74) is 1.37. The summed E-state index contributed by atoms with van der Waals surface area (Å²) in [6.45, 7) is 1.96. The maximum absolute atomic E-state index is 11.8. The van der Waals surface area contributed by atoms with Gasteiger partial charge in [0.15, 0.2) is 0 Å². The summed E-state index contributed by atoms with van der Waals surface area (Å²) in [6, 6.07) is 11.1. The molecule has 0 N–H and O–H groups in total. The van der Waals surface area contributed by atoms with Crippen LogP contribution in [0.3, 0.4) is 0 Å². The molecule has 2 heteroatoms. The summed E-state index contributed by atoms with van der Waals surface area (Å²) in [6.07, 6.45) is 4.32. The monoisotopic (exact) mass is 229 g/mol. The Morgan fingerprint density at radius 2 is 2.00 bits per heavy atom. The molecule has 2 fully saturated rings. The molecular formula is C15H19NO. The minimum atomic E-state index is 0.340. The van der Waals surface area contributed by atoms with E-state index in [4.69, 9.17) is 0 Å². The van der Waals surface area contributed by atoms with E-state index in [1.54, 1.807) is 0 Å². The van der Waals surface area contributed by atoms with Crippen molar-refractivity contribution in [1.82, 2.24) is 4.90 Å². The number of piperidine rings is 1. The van der Waals surface area contributed by atoms with Crippen molar-refractivity contribution >= 4 is 5.78 Å². The van der Waals surface area contributed by atoms with Crippen molar-refractivity contribution in [3.8, 4) is 0 Å². The van der Waals surface area contributed by atoms with E-state index in [9.17, 15) is 4.79 Å². The van der Waals surface area contributed by atoms with Crippen LogP contribution in [-0.2, 0) is 11.3 Å². The molecule has 1 aliphatic carbocycles. The first-order chi connectivity index (χ1) is 8.34. The summed E-state index contributed by atoms with van der Waals surface area (Å²) in [4.78, 5) is 14.4. The summed E-state index contributed by atoms with van der Waals surface area (Å²) in [5.74, 6) is 0.851. The lowest BCUT2D eigenvalue weighted by atomic mass is 9.90. The van der Waals surface area contributed by atoms with E-state index in [0.29, 0.717) is 17.7 Å². The average Bonchev–Trinajstić information content (AvgIpc) is 2.84. The van der Waals surface area contributed by atoms with Crippen LogP contribution >= 0.6 is 0 Å². The number of hydrogen-bond acceptors (Lipinski definition) is 2. The average molecular weight is 229 g/mol. The quantitative estimate of drug-likeness (QED) is 0.777. The van der Waals surface area contributed by atoms with E-state index in [0.717, 1.165) is 25.9 Å². The largest absolute Gasteiger partial charge is 0.299 e. The number of carbonyl (C=O) groups is 1. The molecule has 17 heavy (non-hydrogen) atoms. The summed E-state index contributed by atoms with van der Waals surface area (Å²) in [7, 11) is 0. The van der Waals surface area contributed by atoms with Crippen LogP contribution in [0, 0.1) is 5.92 Å². The molecule has 1 saturated carbocycles. The number of hydrogen-bond donors (Lipinski definition) is 0. The lowest BCUT2D eigenvalue weighted by Gasteiger charge is -2.36. The van der Waals surface area contributed by atoms with Crippen molar-refractivity contribution in [2.24, 2.45) is 5.92 Å². The predicted molar refractivity (Wildman–Crippen MR) is 67.6 cm³/mol. The van der Waals surface area contributed by atoms with E-state index >= 15 is 0 Å². The highest BCUT2D eigenvalue weighted by molar-refractivity contribution is 5.83. The van der Waals surface area contributed by atoms with Crippen molar-refractivity contribution in [2.75, 3.05) is 6.54 Å². The fourth-order valence-electron chi connectivity index (χ4n) is 3.37. The van der Waals surface area contributed by atoms with E-state index in [-0.39, 0.29) is 0 Å². The smallest absolute Gasteiger partial charge is 0.138 e. The summed E-state index contributed by atoms with van der Waals surface area (Å²) in [5, 5.41) is 0. The molecule has 0 unspecified atom stereocenters. The molecule has 0 aromatic heterocycles. The lowest BCUT2D eigenvalue weighted by molar-refractivity contribution is -0.128. The predicted octanol–water partition coefficient (Wildman–Crippen LogP) is 2.63. The molecule has 0 bridgehead atoms. The SMILES string of the molecule is O=C1CCN(Cc2ccccc2)[C@@H]2CCC[C@@H]12. The zero-order valence-corrected chi connectivity index (χ0v) is 10.1. The Bertz CT molecular complexity index is 401. The van der Waals surface area contributed by atoms with Gasteiger partial charge >= 0.3 is 0 Å². The van der Waals surface area contributed by atoms with Crippen LogP contribution in [0.25, 0.3) is 0 Å². The first-order valence-corrected chi connectivity index (χ1v) is 6.65. The first kappa shape index (κ1) is 11.0. The van der Waals surface area contributed by atoms with Gasteiger partial charge in [-0.3, -0.25) is 9.69 Å². The normalized spacial score (nSPS) is 29.3. The van der Waals surface area contributed by atoms with Crippen molar-refractivity contribution in [1.29, 1.82) is 0 Å². The zero-order chi connectivity index (χ0) is 11.7. The topological polar surface area (TPSA) is 20.3 Å². The summed E-state index contributed by atoms with van der Waals surface area (Å²) < 4.78 is 0. The number of fused-ring (bicyclic) bond motifs is 1. The second-order valence-corrected chi connectivity index (χ2v) is 5.28. The van der Waals surface area contributed by atoms with Gasteiger partial charge in [-0.1, -0.05) is 36.8 Å². The van der Waals surface area contributed by atoms with Crippen molar-refractivity contribution in [3.63, 3.8) is 0 Å². The number of rotatable bonds is 2. The Morgan fingerprint density at radius 1 is 1.18 bits per heavy atom. The molecule has 0 radical (unpaired) electrons. The second kappa shape index (κ2) is 4.61. The number of nitrogens with zero attached hydrogens (tertiary/aromatic N) is 1. The fraction of sp³-hybridized carbons (Fsp3) is 0.533. The Hall–Kier alpha value is -1.15. The highest BCUT2D eigenvalue weighted by Crippen LogP contribution is 2.35. The molecule has 0 amide bonds. The summed E-state index contributed by atoms with van der Waals surface area (Å²) >= 11 is 0. The molecule has 1 heterocycles. The minimum Gasteiger partial charge on any atom is -0.299 e. The second-order valence-electron chi connectivity index (χ2n) is 5.28. The molecule has 3 rings (SSSR count). The molecule has 1 saturated heterocycles.